The third-order valence-electron chi connectivity index (χ3n) is 20.5. The van der Waals surface area contributed by atoms with Gasteiger partial charge in [0.25, 0.3) is 0 Å². The van der Waals surface area contributed by atoms with Gasteiger partial charge in [-0.3, -0.25) is 28.8 Å². The Labute approximate surface area is 650 Å². The van der Waals surface area contributed by atoms with Crippen molar-refractivity contribution in [2.75, 3.05) is 13.7 Å². The van der Waals surface area contributed by atoms with Crippen molar-refractivity contribution in [2.45, 2.75) is 201 Å². The van der Waals surface area contributed by atoms with E-state index in [4.69, 9.17) is 56.4 Å². The molecule has 7 amide bonds. The van der Waals surface area contributed by atoms with E-state index in [-0.39, 0.29) is 52.5 Å². The van der Waals surface area contributed by atoms with Crippen molar-refractivity contribution in [3.8, 4) is 57.1 Å². The molecule has 0 saturated carbocycles. The summed E-state index contributed by atoms with van der Waals surface area (Å²) in [5.41, 5.74) is -6.99. The van der Waals surface area contributed by atoms with Crippen molar-refractivity contribution in [2.24, 2.45) is 5.92 Å². The van der Waals surface area contributed by atoms with Gasteiger partial charge in [-0.1, -0.05) is 67.4 Å². The van der Waals surface area contributed by atoms with Crippen LogP contribution in [0.3, 0.4) is 0 Å². The number of aliphatic hydroxyl groups is 6. The lowest BCUT2D eigenvalue weighted by Crippen LogP contribution is -2.66. The molecule has 7 aliphatic heterocycles. The first-order valence-corrected chi connectivity index (χ1v) is 36.9. The maximum absolute atomic E-state index is 16.2. The minimum Gasteiger partial charge on any atom is -0.508 e. The summed E-state index contributed by atoms with van der Waals surface area (Å²) in [7, 11) is 1.48. The fraction of sp³-hybridized carbons (Fsp3) is 0.461. The Morgan fingerprint density at radius 2 is 1.37 bits per heavy atom. The number of carboxylic acid groups (broad SMARTS) is 1. The molecular weight excluding hydrogens is 1510 g/mol. The number of aliphatic carboxylic acids is 1. The van der Waals surface area contributed by atoms with Gasteiger partial charge in [0, 0.05) is 35.6 Å². The number of ether oxygens (including phenoxy) is 7. The van der Waals surface area contributed by atoms with E-state index in [1.165, 1.54) is 33.0 Å². The van der Waals surface area contributed by atoms with Crippen LogP contribution in [0.15, 0.2) is 91.0 Å². The predicted octanol–water partition coefficient (Wildman–Crippen LogP) is 3.87. The summed E-state index contributed by atoms with van der Waals surface area (Å²) in [6.07, 6.45) is -13.3. The van der Waals surface area contributed by atoms with Crippen LogP contribution in [-0.2, 0) is 57.3 Å². The number of benzene rings is 5. The monoisotopic (exact) mass is 1600 g/mol. The maximum atomic E-state index is 16.2. The zero-order chi connectivity index (χ0) is 81.1. The van der Waals surface area contributed by atoms with Crippen LogP contribution in [0.4, 0.5) is 4.79 Å². The highest BCUT2D eigenvalue weighted by Gasteiger charge is 2.53. The van der Waals surface area contributed by atoms with Gasteiger partial charge in [0.15, 0.2) is 29.9 Å². The number of likely N-dealkylation sites (N-methyl/N-ethyl adjacent to an activating group) is 1. The van der Waals surface area contributed by atoms with Crippen LogP contribution in [0.5, 0.6) is 46.0 Å². The van der Waals surface area contributed by atoms with Crippen molar-refractivity contribution < 1.29 is 127 Å². The Balaban J connectivity index is 1.12. The summed E-state index contributed by atoms with van der Waals surface area (Å²) in [5.74, 6) is -14.8. The first kappa shape index (κ1) is 83.0. The van der Waals surface area contributed by atoms with E-state index in [1.807, 2.05) is 19.9 Å². The van der Waals surface area contributed by atoms with Gasteiger partial charge in [-0.25, -0.2) is 9.59 Å². The first-order chi connectivity index (χ1) is 53.1. The SMILES string of the molecule is CN[C@H](CC(C)C)C(=O)N[C@H]1C(=O)N[C@@](C)(CC=O)C(=O)N[C@H]2C(=O)N[C@H]3C(=O)N[C@H](C(=O)N[C@H](C(=O)O)c4cc(O)cc(O)c4-c4cc3ccc4O)[C@H](O)c3ccc(c(Cl)c3)Oc3cc2cc(c3O[C@@H]2O[C@H](CO)[C@@H](O)[C@H](O)[C@H]2O[C@H]2C[C@](C)(NC(=O)OC3CC/C=C/CCC3)[C@@H](O)[C@H](C)O2)Oc2ccc(cc2Cl)[C@H]1O. The van der Waals surface area contributed by atoms with E-state index in [2.05, 4.69) is 48.6 Å². The number of alkyl carbamates (subject to hydrolysis) is 1. The van der Waals surface area contributed by atoms with Crippen LogP contribution < -0.4 is 56.7 Å². The summed E-state index contributed by atoms with van der Waals surface area (Å²) >= 11 is 14.3. The molecule has 0 radical (unpaired) electrons. The molecular formula is C76H88Cl2N8O26. The molecule has 11 bridgehead atoms. The zero-order valence-corrected chi connectivity index (χ0v) is 62.8. The number of nitrogens with one attached hydrogen (secondary N) is 8. The fourth-order valence-corrected chi connectivity index (χ4v) is 14.8. The highest BCUT2D eigenvalue weighted by Crippen LogP contribution is 2.50. The predicted molar refractivity (Wildman–Crippen MR) is 392 cm³/mol. The summed E-state index contributed by atoms with van der Waals surface area (Å²) in [5, 5.41) is 136. The van der Waals surface area contributed by atoms with Crippen LogP contribution in [0.25, 0.3) is 11.1 Å². The number of halogens is 2. The maximum Gasteiger partial charge on any atom is 0.407 e. The quantitative estimate of drug-likeness (QED) is 0.0522. The van der Waals surface area contributed by atoms with Crippen molar-refractivity contribution in [3.63, 3.8) is 0 Å². The van der Waals surface area contributed by atoms with E-state index >= 15 is 19.2 Å². The molecule has 36 heteroatoms. The molecule has 2 fully saturated rings. The summed E-state index contributed by atoms with van der Waals surface area (Å²) < 4.78 is 45.0. The van der Waals surface area contributed by atoms with Crippen LogP contribution in [-0.4, -0.2) is 203 Å². The number of carbonyl (C=O) groups is 9. The molecule has 7 heterocycles. The van der Waals surface area contributed by atoms with E-state index in [1.54, 1.807) is 0 Å². The third-order valence-corrected chi connectivity index (χ3v) is 21.0. The van der Waals surface area contributed by atoms with Crippen LogP contribution in [0, 0.1) is 5.92 Å². The molecule has 1 unspecified atom stereocenters. The number of phenolic OH excluding ortho intramolecular Hbond substituents is 3. The van der Waals surface area contributed by atoms with Crippen LogP contribution in [0.2, 0.25) is 10.0 Å². The summed E-state index contributed by atoms with van der Waals surface area (Å²) in [6, 6.07) is 1.51. The average Bonchev–Trinajstić information content (AvgIpc) is 0.766. The minimum atomic E-state index is -2.53. The second-order valence-corrected chi connectivity index (χ2v) is 30.0. The molecule has 1 aliphatic carbocycles. The van der Waals surface area contributed by atoms with E-state index in [9.17, 15) is 75.0 Å². The van der Waals surface area contributed by atoms with Crippen LogP contribution >= 0.6 is 23.2 Å². The number of hydrogen-bond acceptors (Lipinski definition) is 26. The lowest BCUT2D eigenvalue weighted by atomic mass is 9.85. The number of aldehydes is 1. The Morgan fingerprint density at radius 3 is 2.00 bits per heavy atom. The number of carboxylic acids is 1. The van der Waals surface area contributed by atoms with E-state index in [0.29, 0.717) is 19.3 Å². The minimum absolute atomic E-state index is 0.101. The van der Waals surface area contributed by atoms with E-state index in [0.717, 1.165) is 86.5 Å². The van der Waals surface area contributed by atoms with Crippen molar-refractivity contribution in [1.29, 1.82) is 0 Å². The van der Waals surface area contributed by atoms with Gasteiger partial charge in [0.1, 0.15) is 107 Å². The highest BCUT2D eigenvalue weighted by atomic mass is 35.5. The molecule has 0 spiro atoms. The van der Waals surface area contributed by atoms with Crippen LogP contribution in [0.1, 0.15) is 144 Å². The number of amides is 7. The molecule has 2 saturated heterocycles. The number of rotatable bonds is 15. The molecule has 13 rings (SSSR count). The normalized spacial score (nSPS) is 30.1. The smallest absolute Gasteiger partial charge is 0.407 e. The number of aliphatic hydroxyl groups excluding tert-OH is 6. The second-order valence-electron chi connectivity index (χ2n) is 29.2. The molecule has 602 valence electrons. The largest absolute Gasteiger partial charge is 0.508 e. The molecule has 19 atom stereocenters. The number of fused-ring (bicyclic) bond motifs is 15. The molecule has 112 heavy (non-hydrogen) atoms. The topological polar surface area (TPSA) is 517 Å². The van der Waals surface area contributed by atoms with Gasteiger partial charge in [-0.2, -0.15) is 0 Å². The number of carbonyl (C=O) groups excluding carboxylic acids is 8. The number of phenols is 3. The first-order valence-electron chi connectivity index (χ1n) is 36.1. The second kappa shape index (κ2) is 34.6. The van der Waals surface area contributed by atoms with Gasteiger partial charge in [-0.05, 0) is 149 Å². The zero-order valence-electron chi connectivity index (χ0n) is 61.3. The molecule has 34 nitrogen and oxygen atoms in total. The molecule has 18 N–H and O–H groups in total. The van der Waals surface area contributed by atoms with Crippen molar-refractivity contribution in [3.05, 3.63) is 129 Å². The number of aromatic hydroxyl groups is 3. The standard InChI is InChI=1S/C76H88Cl2N8O26/c1-32(2)22-44(79-6)66(97)82-58-60(93)36-16-19-48(43(78)25-36)109-50-27-37-26-49(63(50)112-72-64(62(95)61(94)51(31-88)110-72)111-52-30-76(5,65(96)33(3)106-52)86-74(105)107-39-12-10-8-7-9-11-13-39)108-47-18-15-35(24-42(47)77)59(92)57-69(100)81-56(71(102)103)41-28-38(89)29-46(91)53(41)40-23-34(14-17-45(40)90)54(67(98)83-57)80-68(99)55(37)84-73(104)75(4,20-21-87)85-70(58)101/h7-8,14-19,21,23-29,32-33,39,44,51-52,54-62,64-65,72,79,88-96H,9-13,20,22,30-31H2,1-6H3,(H,80,99)(H,81,100)(H,82,97)(H,83,98)(H,84,104)(H,85,101)(H,86,105)(H,102,103)/b8-7+/t33-,39?,44+,51+,52-,54+,55+,56-,57-,58+,59+,60+,61+,62-,64+,65-,72-,75-,76-/m0/s1. The Morgan fingerprint density at radius 1 is 0.723 bits per heavy atom. The fourth-order valence-electron chi connectivity index (χ4n) is 14.3. The summed E-state index contributed by atoms with van der Waals surface area (Å²) in [4.78, 5) is 132. The molecule has 0 aromatic heterocycles. The number of hydrogen-bond donors (Lipinski definition) is 18. The molecule has 5 aromatic carbocycles. The van der Waals surface area contributed by atoms with Gasteiger partial charge in [0.2, 0.25) is 47.5 Å². The number of allylic oxidation sites excluding steroid dienone is 2. The van der Waals surface area contributed by atoms with Gasteiger partial charge >= 0.3 is 12.1 Å². The third kappa shape index (κ3) is 17.9. The van der Waals surface area contributed by atoms with Crippen molar-refractivity contribution >= 4 is 77.0 Å². The van der Waals surface area contributed by atoms with Gasteiger partial charge in [0.05, 0.1) is 34.3 Å². The lowest BCUT2D eigenvalue weighted by Gasteiger charge is -2.48. The highest BCUT2D eigenvalue weighted by molar-refractivity contribution is 6.32. The molecule has 8 aliphatic rings. The Hall–Kier alpha value is -9.95. The summed E-state index contributed by atoms with van der Waals surface area (Å²) in [6.45, 7) is 6.66. The van der Waals surface area contributed by atoms with Gasteiger partial charge < -0.3 is 132 Å². The van der Waals surface area contributed by atoms with Crippen molar-refractivity contribution in [1.82, 2.24) is 42.5 Å². The lowest BCUT2D eigenvalue weighted by molar-refractivity contribution is -0.334. The Bertz CT molecular complexity index is 4480. The van der Waals surface area contributed by atoms with Gasteiger partial charge in [-0.15, -0.1) is 0 Å². The average molecular weight is 1600 g/mol. The Kier molecular flexibility index (Phi) is 25.6. The van der Waals surface area contributed by atoms with E-state index < -0.39 is 243 Å². The molecule has 5 aromatic rings.